The van der Waals surface area contributed by atoms with Gasteiger partial charge in [-0.3, -0.25) is 9.59 Å². The highest BCUT2D eigenvalue weighted by Gasteiger charge is 2.29. The Morgan fingerprint density at radius 3 is 2.41 bits per heavy atom. The Labute approximate surface area is 191 Å². The molecule has 0 fully saturated rings. The molecular formula is C26H36N2O4. The van der Waals surface area contributed by atoms with Crippen molar-refractivity contribution in [3.05, 3.63) is 59.2 Å². The zero-order valence-electron chi connectivity index (χ0n) is 20.1. The maximum atomic E-state index is 13.3. The molecule has 0 saturated carbocycles. The van der Waals surface area contributed by atoms with Crippen LogP contribution in [0.25, 0.3) is 0 Å². The van der Waals surface area contributed by atoms with Gasteiger partial charge in [0.25, 0.3) is 5.91 Å². The fourth-order valence-corrected chi connectivity index (χ4v) is 3.34. The third kappa shape index (κ3) is 7.29. The average molecular weight is 441 g/mol. The fourth-order valence-electron chi connectivity index (χ4n) is 3.34. The first kappa shape index (κ1) is 25.2. The Kier molecular flexibility index (Phi) is 9.57. The molecule has 0 aromatic heterocycles. The molecule has 0 saturated heterocycles. The summed E-state index contributed by atoms with van der Waals surface area (Å²) in [6.07, 6.45) is 0.503. The predicted octanol–water partition coefficient (Wildman–Crippen LogP) is 4.27. The number of benzene rings is 2. The molecule has 0 unspecified atom stereocenters. The Bertz CT molecular complexity index is 910. The standard InChI is InChI=1S/C26H36N2O4/c1-7-24(26(30)27-15-18(2)3)28(16-21-9-8-10-22(14-21)31-6)25(29)17-32-23-12-11-19(4)20(5)13-23/h8-14,18,24H,7,15-17H2,1-6H3,(H,27,30)/t24-/m1/s1. The van der Waals surface area contributed by atoms with Crippen molar-refractivity contribution in [2.45, 2.75) is 53.6 Å². The van der Waals surface area contributed by atoms with Crippen molar-refractivity contribution in [1.29, 1.82) is 0 Å². The minimum Gasteiger partial charge on any atom is -0.497 e. The van der Waals surface area contributed by atoms with Gasteiger partial charge in [0.15, 0.2) is 6.61 Å². The molecule has 2 aromatic rings. The molecule has 0 aliphatic carbocycles. The molecular weight excluding hydrogens is 404 g/mol. The number of carbonyl (C=O) groups is 2. The summed E-state index contributed by atoms with van der Waals surface area (Å²) in [5, 5.41) is 2.97. The van der Waals surface area contributed by atoms with Gasteiger partial charge in [-0.05, 0) is 67.1 Å². The van der Waals surface area contributed by atoms with Crippen LogP contribution in [0.1, 0.15) is 43.9 Å². The molecule has 2 aromatic carbocycles. The molecule has 0 spiro atoms. The number of ether oxygens (including phenoxy) is 2. The summed E-state index contributed by atoms with van der Waals surface area (Å²) >= 11 is 0. The highest BCUT2D eigenvalue weighted by molar-refractivity contribution is 5.88. The van der Waals surface area contributed by atoms with Crippen molar-refractivity contribution >= 4 is 11.8 Å². The molecule has 6 nitrogen and oxygen atoms in total. The van der Waals surface area contributed by atoms with Gasteiger partial charge in [-0.1, -0.05) is 39.0 Å². The number of hydrogen-bond acceptors (Lipinski definition) is 4. The van der Waals surface area contributed by atoms with E-state index in [2.05, 4.69) is 5.32 Å². The second kappa shape index (κ2) is 12.1. The molecule has 1 atom stereocenters. The molecule has 0 radical (unpaired) electrons. The molecule has 174 valence electrons. The smallest absolute Gasteiger partial charge is 0.261 e. The maximum absolute atomic E-state index is 13.3. The van der Waals surface area contributed by atoms with E-state index in [1.807, 2.05) is 77.1 Å². The van der Waals surface area contributed by atoms with Crippen LogP contribution in [0.2, 0.25) is 0 Å². The lowest BCUT2D eigenvalue weighted by Crippen LogP contribution is -2.50. The normalized spacial score (nSPS) is 11.7. The van der Waals surface area contributed by atoms with Gasteiger partial charge in [0, 0.05) is 13.1 Å². The fraction of sp³-hybridized carbons (Fsp3) is 0.462. The van der Waals surface area contributed by atoms with Gasteiger partial charge in [0.2, 0.25) is 5.91 Å². The quantitative estimate of drug-likeness (QED) is 0.567. The first-order chi connectivity index (χ1) is 15.2. The van der Waals surface area contributed by atoms with E-state index in [-0.39, 0.29) is 18.4 Å². The zero-order valence-corrected chi connectivity index (χ0v) is 20.1. The molecule has 1 N–H and O–H groups in total. The number of rotatable bonds is 11. The van der Waals surface area contributed by atoms with Gasteiger partial charge in [-0.15, -0.1) is 0 Å². The van der Waals surface area contributed by atoms with Gasteiger partial charge in [0.05, 0.1) is 7.11 Å². The summed E-state index contributed by atoms with van der Waals surface area (Å²) in [4.78, 5) is 27.8. The van der Waals surface area contributed by atoms with Gasteiger partial charge < -0.3 is 19.7 Å². The highest BCUT2D eigenvalue weighted by atomic mass is 16.5. The number of nitrogens with zero attached hydrogens (tertiary/aromatic N) is 1. The molecule has 0 aliphatic rings. The van der Waals surface area contributed by atoms with E-state index in [9.17, 15) is 9.59 Å². The number of nitrogens with one attached hydrogen (secondary N) is 1. The van der Waals surface area contributed by atoms with Gasteiger partial charge in [0.1, 0.15) is 17.5 Å². The Morgan fingerprint density at radius 2 is 1.78 bits per heavy atom. The summed E-state index contributed by atoms with van der Waals surface area (Å²) in [5.74, 6) is 1.28. The van der Waals surface area contributed by atoms with Crippen molar-refractivity contribution in [2.75, 3.05) is 20.3 Å². The lowest BCUT2D eigenvalue weighted by atomic mass is 10.1. The van der Waals surface area contributed by atoms with E-state index in [4.69, 9.17) is 9.47 Å². The van der Waals surface area contributed by atoms with Crippen LogP contribution in [0.4, 0.5) is 0 Å². The third-order valence-electron chi connectivity index (χ3n) is 5.40. The maximum Gasteiger partial charge on any atom is 0.261 e. The monoisotopic (exact) mass is 440 g/mol. The van der Waals surface area contributed by atoms with Crippen LogP contribution in [0, 0.1) is 19.8 Å². The van der Waals surface area contributed by atoms with E-state index < -0.39 is 6.04 Å². The van der Waals surface area contributed by atoms with Crippen LogP contribution < -0.4 is 14.8 Å². The van der Waals surface area contributed by atoms with E-state index >= 15 is 0 Å². The van der Waals surface area contributed by atoms with Crippen LogP contribution >= 0.6 is 0 Å². The second-order valence-corrected chi connectivity index (χ2v) is 8.47. The predicted molar refractivity (Wildman–Crippen MR) is 127 cm³/mol. The summed E-state index contributed by atoms with van der Waals surface area (Å²) < 4.78 is 11.1. The lowest BCUT2D eigenvalue weighted by molar-refractivity contribution is -0.143. The largest absolute Gasteiger partial charge is 0.497 e. The van der Waals surface area contributed by atoms with E-state index in [0.29, 0.717) is 36.9 Å². The van der Waals surface area contributed by atoms with Crippen molar-refractivity contribution in [3.8, 4) is 11.5 Å². The molecule has 6 heteroatoms. The number of carbonyl (C=O) groups excluding carboxylic acids is 2. The number of aryl methyl sites for hydroxylation is 2. The molecule has 0 heterocycles. The van der Waals surface area contributed by atoms with E-state index in [1.165, 1.54) is 0 Å². The number of amides is 2. The molecule has 2 rings (SSSR count). The lowest BCUT2D eigenvalue weighted by Gasteiger charge is -2.31. The minimum absolute atomic E-state index is 0.138. The van der Waals surface area contributed by atoms with E-state index in [1.54, 1.807) is 12.0 Å². The summed E-state index contributed by atoms with van der Waals surface area (Å²) in [6.45, 7) is 10.7. The number of hydrogen-bond donors (Lipinski definition) is 1. The third-order valence-corrected chi connectivity index (χ3v) is 5.40. The van der Waals surface area contributed by atoms with Crippen LogP contribution in [-0.2, 0) is 16.1 Å². The van der Waals surface area contributed by atoms with Crippen molar-refractivity contribution in [3.63, 3.8) is 0 Å². The highest BCUT2D eigenvalue weighted by Crippen LogP contribution is 2.19. The van der Waals surface area contributed by atoms with Crippen LogP contribution in [-0.4, -0.2) is 43.0 Å². The van der Waals surface area contributed by atoms with Gasteiger partial charge >= 0.3 is 0 Å². The van der Waals surface area contributed by atoms with Crippen LogP contribution in [0.15, 0.2) is 42.5 Å². The van der Waals surface area contributed by atoms with Crippen molar-refractivity contribution in [1.82, 2.24) is 10.2 Å². The summed E-state index contributed by atoms with van der Waals surface area (Å²) in [6, 6.07) is 12.7. The summed E-state index contributed by atoms with van der Waals surface area (Å²) in [7, 11) is 1.60. The van der Waals surface area contributed by atoms with Crippen molar-refractivity contribution in [2.24, 2.45) is 5.92 Å². The van der Waals surface area contributed by atoms with Crippen LogP contribution in [0.3, 0.4) is 0 Å². The zero-order chi connectivity index (χ0) is 23.7. The molecule has 32 heavy (non-hydrogen) atoms. The van der Waals surface area contributed by atoms with E-state index in [0.717, 1.165) is 16.7 Å². The molecule has 0 aliphatic heterocycles. The Hall–Kier alpha value is -3.02. The molecule has 0 bridgehead atoms. The Balaban J connectivity index is 2.22. The van der Waals surface area contributed by atoms with Crippen molar-refractivity contribution < 1.29 is 19.1 Å². The first-order valence-corrected chi connectivity index (χ1v) is 11.1. The second-order valence-electron chi connectivity index (χ2n) is 8.47. The topological polar surface area (TPSA) is 67.9 Å². The summed E-state index contributed by atoms with van der Waals surface area (Å²) in [5.41, 5.74) is 3.15. The molecule has 2 amide bonds. The Morgan fingerprint density at radius 1 is 1.03 bits per heavy atom. The van der Waals surface area contributed by atoms with Gasteiger partial charge in [-0.2, -0.15) is 0 Å². The SMILES string of the molecule is CC[C@H](C(=O)NCC(C)C)N(Cc1cccc(OC)c1)C(=O)COc1ccc(C)c(C)c1. The minimum atomic E-state index is -0.587. The number of methoxy groups -OCH3 is 1. The van der Waals surface area contributed by atoms with Gasteiger partial charge in [-0.25, -0.2) is 0 Å². The average Bonchev–Trinajstić information content (AvgIpc) is 2.78. The van der Waals surface area contributed by atoms with Crippen LogP contribution in [0.5, 0.6) is 11.5 Å². The first-order valence-electron chi connectivity index (χ1n) is 11.1.